The first kappa shape index (κ1) is 22.1. The molecule has 0 unspecified atom stereocenters. The van der Waals surface area contributed by atoms with Crippen molar-refractivity contribution in [3.63, 3.8) is 0 Å². The van der Waals surface area contributed by atoms with E-state index in [2.05, 4.69) is 30.1 Å². The van der Waals surface area contributed by atoms with Crippen molar-refractivity contribution in [1.82, 2.24) is 19.9 Å². The molecule has 1 saturated heterocycles. The van der Waals surface area contributed by atoms with Crippen LogP contribution in [0.3, 0.4) is 0 Å². The topological polar surface area (TPSA) is 94.2 Å². The molecule has 10 heteroatoms. The fraction of sp³-hybridized carbons (Fsp3) is 0.440. The van der Waals surface area contributed by atoms with Gasteiger partial charge < -0.3 is 15.2 Å². The average molecular weight is 481 g/mol. The number of nitrogens with one attached hydrogen (secondary N) is 2. The lowest BCUT2D eigenvalue weighted by atomic mass is 10.1. The second-order valence-corrected chi connectivity index (χ2v) is 9.78. The summed E-state index contributed by atoms with van der Waals surface area (Å²) in [6, 6.07) is 7.45. The van der Waals surface area contributed by atoms with E-state index in [1.54, 1.807) is 12.3 Å². The van der Waals surface area contributed by atoms with Gasteiger partial charge in [-0.2, -0.15) is 0 Å². The number of carbonyl (C=O) groups is 1. The highest BCUT2D eigenvalue weighted by Crippen LogP contribution is 2.49. The number of piperazine rings is 1. The molecule has 3 aromatic heterocycles. The summed E-state index contributed by atoms with van der Waals surface area (Å²) in [5.41, 5.74) is 4.44. The zero-order valence-electron chi connectivity index (χ0n) is 19.1. The highest BCUT2D eigenvalue weighted by molar-refractivity contribution is 5.94. The number of hydrogen-bond donors (Lipinski definition) is 2. The minimum atomic E-state index is -2.89. The van der Waals surface area contributed by atoms with E-state index in [4.69, 9.17) is 0 Å². The largest absolute Gasteiger partial charge is 0.368 e. The first-order valence-electron chi connectivity index (χ1n) is 12.0. The number of alkyl halides is 2. The predicted octanol–water partition coefficient (Wildman–Crippen LogP) is 3.11. The number of H-pyrrole nitrogens is 1. The molecule has 4 heterocycles. The smallest absolute Gasteiger partial charge is 0.260 e. The molecule has 0 aromatic carbocycles. The van der Waals surface area contributed by atoms with Crippen molar-refractivity contribution < 1.29 is 13.6 Å². The summed E-state index contributed by atoms with van der Waals surface area (Å²) in [5, 5.41) is 2.47. The molecule has 8 nitrogen and oxygen atoms in total. The summed E-state index contributed by atoms with van der Waals surface area (Å²) in [6.45, 7) is 4.07. The molecule has 2 aliphatic carbocycles. The summed E-state index contributed by atoms with van der Waals surface area (Å²) in [6.07, 6.45) is 5.32. The van der Waals surface area contributed by atoms with Crippen molar-refractivity contribution in [2.75, 3.05) is 36.4 Å². The van der Waals surface area contributed by atoms with Gasteiger partial charge in [-0.15, -0.1) is 0 Å². The number of carbonyl (C=O) groups excluding carboxylic acids is 1. The van der Waals surface area contributed by atoms with Crippen LogP contribution in [0.25, 0.3) is 11.0 Å². The third-order valence-corrected chi connectivity index (χ3v) is 7.08. The highest BCUT2D eigenvalue weighted by Gasteiger charge is 2.61. The van der Waals surface area contributed by atoms with Gasteiger partial charge in [-0.25, -0.2) is 13.8 Å². The summed E-state index contributed by atoms with van der Waals surface area (Å²) in [4.78, 5) is 40.6. The summed E-state index contributed by atoms with van der Waals surface area (Å²) >= 11 is 0. The van der Waals surface area contributed by atoms with Gasteiger partial charge in [0, 0.05) is 50.9 Å². The lowest BCUT2D eigenvalue weighted by Crippen LogP contribution is -2.46. The van der Waals surface area contributed by atoms with E-state index in [0.29, 0.717) is 5.92 Å². The Bertz CT molecular complexity index is 1330. The van der Waals surface area contributed by atoms with E-state index < -0.39 is 24.2 Å². The minimum absolute atomic E-state index is 0.00256. The van der Waals surface area contributed by atoms with Crippen LogP contribution in [-0.4, -0.2) is 57.9 Å². The number of nitrogens with zero attached hydrogens (tertiary/aromatic N) is 4. The lowest BCUT2D eigenvalue weighted by Gasteiger charge is -2.36. The van der Waals surface area contributed by atoms with E-state index in [1.807, 2.05) is 24.4 Å². The van der Waals surface area contributed by atoms with Crippen LogP contribution in [0.1, 0.15) is 36.3 Å². The van der Waals surface area contributed by atoms with Crippen LogP contribution in [0.2, 0.25) is 0 Å². The van der Waals surface area contributed by atoms with Gasteiger partial charge in [0.1, 0.15) is 11.7 Å². The Labute approximate surface area is 200 Å². The predicted molar refractivity (Wildman–Crippen MR) is 128 cm³/mol. The molecule has 0 radical (unpaired) electrons. The number of fused-ring (bicyclic) bond motifs is 1. The fourth-order valence-corrected chi connectivity index (χ4v) is 4.71. The number of hydrogen-bond acceptors (Lipinski definition) is 6. The first-order valence-corrected chi connectivity index (χ1v) is 12.0. The number of aromatic amines is 1. The standard InChI is InChI=1S/C25H26F2N6O2/c26-25(27)11-19(25)24(35)31-22-4-3-17(13-29-22)33-7-5-32(6-8-33)14-15-9-21-20(28-12-15)10-18(16-1-2-16)23(34)30-21/h3-4,9-10,12-13,16,19H,1-2,5-8,11,14H2,(H,30,34)(H,29,31,35)/t19-/m1/s1. The van der Waals surface area contributed by atoms with Crippen LogP contribution in [0, 0.1) is 5.92 Å². The molecule has 1 atom stereocenters. The Balaban J connectivity index is 1.04. The number of anilines is 2. The van der Waals surface area contributed by atoms with Gasteiger partial charge in [-0.3, -0.25) is 19.5 Å². The summed E-state index contributed by atoms with van der Waals surface area (Å²) < 4.78 is 26.1. The second kappa shape index (κ2) is 8.37. The molecule has 6 rings (SSSR count). The van der Waals surface area contributed by atoms with Crippen LogP contribution in [-0.2, 0) is 11.3 Å². The molecule has 1 aliphatic heterocycles. The van der Waals surface area contributed by atoms with Crippen LogP contribution in [0.4, 0.5) is 20.3 Å². The van der Waals surface area contributed by atoms with E-state index in [1.165, 1.54) is 0 Å². The Morgan fingerprint density at radius 2 is 1.89 bits per heavy atom. The van der Waals surface area contributed by atoms with Crippen molar-refractivity contribution in [3.05, 3.63) is 58.1 Å². The number of aromatic nitrogens is 3. The summed E-state index contributed by atoms with van der Waals surface area (Å²) in [5.74, 6) is -4.13. The van der Waals surface area contributed by atoms with E-state index in [0.717, 1.165) is 73.4 Å². The van der Waals surface area contributed by atoms with E-state index in [-0.39, 0.29) is 11.4 Å². The molecule has 3 aromatic rings. The van der Waals surface area contributed by atoms with Crippen molar-refractivity contribution in [3.8, 4) is 0 Å². The molecule has 0 bridgehead atoms. The Morgan fingerprint density at radius 3 is 2.54 bits per heavy atom. The molecular weight excluding hydrogens is 454 g/mol. The van der Waals surface area contributed by atoms with Gasteiger partial charge in [-0.1, -0.05) is 0 Å². The monoisotopic (exact) mass is 480 g/mol. The SMILES string of the molecule is O=C(Nc1ccc(N2CCN(Cc3cnc4cc(C5CC5)c(=O)[nH]c4c3)CC2)cn1)[C@H]1CC1(F)F. The van der Waals surface area contributed by atoms with Crippen LogP contribution < -0.4 is 15.8 Å². The molecule has 182 valence electrons. The lowest BCUT2D eigenvalue weighted by molar-refractivity contribution is -0.119. The van der Waals surface area contributed by atoms with Crippen molar-refractivity contribution in [2.45, 2.75) is 37.6 Å². The maximum atomic E-state index is 13.0. The fourth-order valence-electron chi connectivity index (χ4n) is 4.71. The van der Waals surface area contributed by atoms with Gasteiger partial charge in [0.05, 0.1) is 22.9 Å². The second-order valence-electron chi connectivity index (χ2n) is 9.78. The Hall–Kier alpha value is -3.40. The molecule has 2 N–H and O–H groups in total. The van der Waals surface area contributed by atoms with E-state index >= 15 is 0 Å². The van der Waals surface area contributed by atoms with Crippen molar-refractivity contribution >= 4 is 28.4 Å². The van der Waals surface area contributed by atoms with Crippen molar-refractivity contribution in [2.24, 2.45) is 5.92 Å². The van der Waals surface area contributed by atoms with Crippen LogP contribution in [0.5, 0.6) is 0 Å². The highest BCUT2D eigenvalue weighted by atomic mass is 19.3. The van der Waals surface area contributed by atoms with Crippen molar-refractivity contribution in [1.29, 1.82) is 0 Å². The minimum Gasteiger partial charge on any atom is -0.368 e. The molecular formula is C25H26F2N6O2. The van der Waals surface area contributed by atoms with E-state index in [9.17, 15) is 18.4 Å². The zero-order chi connectivity index (χ0) is 24.2. The normalized spacial score (nSPS) is 21.8. The molecule has 2 saturated carbocycles. The van der Waals surface area contributed by atoms with Gasteiger partial charge in [-0.05, 0) is 48.6 Å². The van der Waals surface area contributed by atoms with Crippen LogP contribution in [0.15, 0.2) is 41.5 Å². The quantitative estimate of drug-likeness (QED) is 0.563. The van der Waals surface area contributed by atoms with Gasteiger partial charge in [0.15, 0.2) is 0 Å². The first-order chi connectivity index (χ1) is 16.9. The summed E-state index contributed by atoms with van der Waals surface area (Å²) in [7, 11) is 0. The molecule has 0 spiro atoms. The number of pyridine rings is 3. The van der Waals surface area contributed by atoms with Gasteiger partial charge in [0.2, 0.25) is 5.91 Å². The Kier molecular flexibility index (Phi) is 5.28. The molecule has 35 heavy (non-hydrogen) atoms. The molecule has 1 amide bonds. The Morgan fingerprint density at radius 1 is 1.11 bits per heavy atom. The number of rotatable bonds is 6. The third kappa shape index (κ3) is 4.62. The molecule has 3 fully saturated rings. The number of halogens is 2. The third-order valence-electron chi connectivity index (χ3n) is 7.08. The zero-order valence-corrected chi connectivity index (χ0v) is 19.1. The molecule has 3 aliphatic rings. The number of amides is 1. The maximum Gasteiger partial charge on any atom is 0.260 e. The van der Waals surface area contributed by atoms with Crippen LogP contribution >= 0.6 is 0 Å². The van der Waals surface area contributed by atoms with Gasteiger partial charge >= 0.3 is 0 Å². The van der Waals surface area contributed by atoms with Gasteiger partial charge in [0.25, 0.3) is 11.5 Å². The average Bonchev–Trinajstić information content (AvgIpc) is 3.77. The maximum absolute atomic E-state index is 13.0.